The molecule has 3 heteroatoms. The number of fused-ring (bicyclic) bond motifs is 1. The molecule has 0 saturated heterocycles. The number of aryl methyl sites for hydroxylation is 1. The minimum atomic E-state index is 0.474. The first-order valence-electron chi connectivity index (χ1n) is 3.56. The molecular weight excluding hydrogens is 150 g/mol. The molecule has 0 saturated carbocycles. The average Bonchev–Trinajstić information content (AvgIpc) is 2.44. The van der Waals surface area contributed by atoms with Gasteiger partial charge in [-0.05, 0) is 18.2 Å². The standard InChI is InChI=1S/C9H6N3/c1-12-9-5-3-2-4-7(9)8(6-10)11-12/h2,4-5H,1H3. The zero-order chi connectivity index (χ0) is 8.55. The molecule has 57 valence electrons. The van der Waals surface area contributed by atoms with Crippen LogP contribution in [0.25, 0.3) is 10.9 Å². The maximum absolute atomic E-state index is 8.71. The largest absolute Gasteiger partial charge is 0.267 e. The summed E-state index contributed by atoms with van der Waals surface area (Å²) in [6.45, 7) is 0. The Kier molecular flexibility index (Phi) is 1.34. The fourth-order valence-electron chi connectivity index (χ4n) is 1.23. The monoisotopic (exact) mass is 156 g/mol. The number of benzene rings is 1. The Labute approximate surface area is 69.8 Å². The summed E-state index contributed by atoms with van der Waals surface area (Å²) >= 11 is 0. The predicted molar refractivity (Wildman–Crippen MR) is 44.3 cm³/mol. The van der Waals surface area contributed by atoms with Crippen molar-refractivity contribution in [3.8, 4) is 6.07 Å². The smallest absolute Gasteiger partial charge is 0.170 e. The zero-order valence-corrected chi connectivity index (χ0v) is 6.57. The molecule has 0 amide bonds. The van der Waals surface area contributed by atoms with Crippen LogP contribution in [-0.4, -0.2) is 9.78 Å². The fourth-order valence-corrected chi connectivity index (χ4v) is 1.23. The summed E-state index contributed by atoms with van der Waals surface area (Å²) in [6.07, 6.45) is 0. The van der Waals surface area contributed by atoms with Crippen LogP contribution in [0.3, 0.4) is 0 Å². The molecule has 1 aromatic heterocycles. The third-order valence-electron chi connectivity index (χ3n) is 1.80. The second-order valence-corrected chi connectivity index (χ2v) is 2.53. The third-order valence-corrected chi connectivity index (χ3v) is 1.80. The number of nitrogens with zero attached hydrogens (tertiary/aromatic N) is 3. The van der Waals surface area contributed by atoms with Gasteiger partial charge in [-0.2, -0.15) is 10.4 Å². The molecule has 0 aliphatic rings. The molecule has 0 fully saturated rings. The molecule has 0 atom stereocenters. The van der Waals surface area contributed by atoms with E-state index in [9.17, 15) is 0 Å². The minimum absolute atomic E-state index is 0.474. The molecule has 12 heavy (non-hydrogen) atoms. The highest BCUT2D eigenvalue weighted by molar-refractivity contribution is 5.83. The van der Waals surface area contributed by atoms with Crippen LogP contribution < -0.4 is 0 Å². The first-order chi connectivity index (χ1) is 5.83. The lowest BCUT2D eigenvalue weighted by atomic mass is 10.2. The summed E-state index contributed by atoms with van der Waals surface area (Å²) in [5, 5.41) is 13.6. The van der Waals surface area contributed by atoms with Crippen molar-refractivity contribution in [2.75, 3.05) is 0 Å². The first-order valence-corrected chi connectivity index (χ1v) is 3.56. The van der Waals surface area contributed by atoms with Gasteiger partial charge in [0.25, 0.3) is 0 Å². The number of hydrogen-bond donors (Lipinski definition) is 0. The lowest BCUT2D eigenvalue weighted by molar-refractivity contribution is 0.791. The van der Waals surface area contributed by atoms with E-state index in [1.54, 1.807) is 10.7 Å². The summed E-state index contributed by atoms with van der Waals surface area (Å²) in [6, 6.07) is 10.4. The van der Waals surface area contributed by atoms with Gasteiger partial charge in [0, 0.05) is 12.4 Å². The van der Waals surface area contributed by atoms with Crippen LogP contribution in [0.2, 0.25) is 0 Å². The molecule has 0 aliphatic heterocycles. The topological polar surface area (TPSA) is 41.6 Å². The van der Waals surface area contributed by atoms with Crippen molar-refractivity contribution >= 4 is 10.9 Å². The average molecular weight is 156 g/mol. The van der Waals surface area contributed by atoms with Gasteiger partial charge >= 0.3 is 0 Å². The van der Waals surface area contributed by atoms with E-state index in [0.29, 0.717) is 5.69 Å². The van der Waals surface area contributed by atoms with Crippen molar-refractivity contribution in [3.63, 3.8) is 0 Å². The van der Waals surface area contributed by atoms with E-state index in [-0.39, 0.29) is 0 Å². The Bertz CT molecular complexity index is 462. The SMILES string of the molecule is Cn1nc(C#N)c2cc[c]cc21. The van der Waals surface area contributed by atoms with Crippen molar-refractivity contribution in [1.82, 2.24) is 9.78 Å². The van der Waals surface area contributed by atoms with Gasteiger partial charge in [0.1, 0.15) is 6.07 Å². The van der Waals surface area contributed by atoms with Crippen LogP contribution >= 0.6 is 0 Å². The molecule has 2 aromatic rings. The third kappa shape index (κ3) is 0.785. The lowest BCUT2D eigenvalue weighted by Gasteiger charge is -1.89. The van der Waals surface area contributed by atoms with Crippen molar-refractivity contribution in [3.05, 3.63) is 30.0 Å². The normalized spacial score (nSPS) is 10.0. The van der Waals surface area contributed by atoms with Crippen molar-refractivity contribution in [2.24, 2.45) is 7.05 Å². The van der Waals surface area contributed by atoms with Crippen LogP contribution in [0, 0.1) is 17.4 Å². The Balaban J connectivity index is 2.94. The molecule has 0 aliphatic carbocycles. The van der Waals surface area contributed by atoms with Crippen LogP contribution in [0.4, 0.5) is 0 Å². The van der Waals surface area contributed by atoms with Gasteiger partial charge in [-0.3, -0.25) is 4.68 Å². The minimum Gasteiger partial charge on any atom is -0.267 e. The van der Waals surface area contributed by atoms with Crippen LogP contribution in [0.1, 0.15) is 5.69 Å². The Morgan fingerprint density at radius 3 is 3.25 bits per heavy atom. The molecular formula is C9H6N3. The van der Waals surface area contributed by atoms with E-state index in [0.717, 1.165) is 10.9 Å². The van der Waals surface area contributed by atoms with E-state index >= 15 is 0 Å². The summed E-state index contributed by atoms with van der Waals surface area (Å²) in [5.74, 6) is 0. The molecule has 0 unspecified atom stereocenters. The van der Waals surface area contributed by atoms with E-state index in [1.807, 2.05) is 25.2 Å². The maximum Gasteiger partial charge on any atom is 0.170 e. The van der Waals surface area contributed by atoms with Gasteiger partial charge in [-0.15, -0.1) is 0 Å². The predicted octanol–water partition coefficient (Wildman–Crippen LogP) is 1.25. The molecule has 0 spiro atoms. The second-order valence-electron chi connectivity index (χ2n) is 2.53. The van der Waals surface area contributed by atoms with Gasteiger partial charge < -0.3 is 0 Å². The summed E-state index contributed by atoms with van der Waals surface area (Å²) in [7, 11) is 1.82. The van der Waals surface area contributed by atoms with Crippen molar-refractivity contribution in [1.29, 1.82) is 5.26 Å². The number of nitriles is 1. The van der Waals surface area contributed by atoms with Crippen LogP contribution in [0.5, 0.6) is 0 Å². The maximum atomic E-state index is 8.71. The van der Waals surface area contributed by atoms with E-state index in [1.165, 1.54) is 0 Å². The number of hydrogen-bond acceptors (Lipinski definition) is 2. The molecule has 3 nitrogen and oxygen atoms in total. The quantitative estimate of drug-likeness (QED) is 0.576. The van der Waals surface area contributed by atoms with Gasteiger partial charge in [0.15, 0.2) is 5.69 Å². The highest BCUT2D eigenvalue weighted by Crippen LogP contribution is 2.15. The number of rotatable bonds is 0. The Morgan fingerprint density at radius 2 is 2.50 bits per heavy atom. The summed E-state index contributed by atoms with van der Waals surface area (Å²) < 4.78 is 1.68. The van der Waals surface area contributed by atoms with Gasteiger partial charge in [0.2, 0.25) is 0 Å². The van der Waals surface area contributed by atoms with Crippen LogP contribution in [0.15, 0.2) is 18.2 Å². The summed E-state index contributed by atoms with van der Waals surface area (Å²) in [4.78, 5) is 0. The van der Waals surface area contributed by atoms with E-state index in [2.05, 4.69) is 11.2 Å². The summed E-state index contributed by atoms with van der Waals surface area (Å²) in [5.41, 5.74) is 1.41. The molecule has 1 heterocycles. The van der Waals surface area contributed by atoms with Gasteiger partial charge in [-0.1, -0.05) is 6.07 Å². The Morgan fingerprint density at radius 1 is 1.67 bits per heavy atom. The molecule has 2 rings (SSSR count). The molecule has 1 aromatic carbocycles. The first kappa shape index (κ1) is 6.86. The van der Waals surface area contributed by atoms with Crippen LogP contribution in [-0.2, 0) is 7.05 Å². The van der Waals surface area contributed by atoms with E-state index < -0.39 is 0 Å². The lowest BCUT2D eigenvalue weighted by Crippen LogP contribution is -1.88. The fraction of sp³-hybridized carbons (Fsp3) is 0.111. The zero-order valence-electron chi connectivity index (χ0n) is 6.57. The van der Waals surface area contributed by atoms with E-state index in [4.69, 9.17) is 5.26 Å². The van der Waals surface area contributed by atoms with Gasteiger partial charge in [-0.25, -0.2) is 0 Å². The molecule has 1 radical (unpaired) electrons. The second kappa shape index (κ2) is 2.35. The highest BCUT2D eigenvalue weighted by Gasteiger charge is 2.05. The van der Waals surface area contributed by atoms with Gasteiger partial charge in [0.05, 0.1) is 5.52 Å². The Hall–Kier alpha value is -1.82. The highest BCUT2D eigenvalue weighted by atomic mass is 15.3. The molecule has 0 bridgehead atoms. The van der Waals surface area contributed by atoms with Crippen molar-refractivity contribution in [2.45, 2.75) is 0 Å². The number of aromatic nitrogens is 2. The molecule has 0 N–H and O–H groups in total. The van der Waals surface area contributed by atoms with Crippen molar-refractivity contribution < 1.29 is 0 Å².